The number of amides is 2. The number of thioether (sulfide) groups is 1. The molecule has 2 N–H and O–H groups in total. The molecule has 1 aromatic heterocycles. The Morgan fingerprint density at radius 1 is 1.13 bits per heavy atom. The lowest BCUT2D eigenvalue weighted by Gasteiger charge is -2.15. The number of carbonyl (C=O) groups is 2. The number of carbonyl (C=O) groups excluding carboxylic acids is 2. The lowest BCUT2D eigenvalue weighted by Crippen LogP contribution is -2.17. The Morgan fingerprint density at radius 3 is 2.67 bits per heavy atom. The van der Waals surface area contributed by atoms with Crippen molar-refractivity contribution in [1.82, 2.24) is 15.3 Å². The predicted molar refractivity (Wildman–Crippen MR) is 115 cm³/mol. The third kappa shape index (κ3) is 4.38. The molecule has 1 aliphatic heterocycles. The van der Waals surface area contributed by atoms with E-state index in [1.54, 1.807) is 18.3 Å². The van der Waals surface area contributed by atoms with Crippen LogP contribution in [0.25, 0.3) is 17.3 Å². The minimum Gasteiger partial charge on any atom is -0.362 e. The molecule has 0 unspecified atom stereocenters. The SMILES string of the molecule is C[C@H](Nc1cncc(-c2cc(/C=C3/SC(=O)NC3=O)ccc2F)n1)c1ccccc1. The number of rotatable bonds is 5. The Hall–Kier alpha value is -3.52. The zero-order valence-electron chi connectivity index (χ0n) is 15.9. The van der Waals surface area contributed by atoms with Gasteiger partial charge in [0.25, 0.3) is 11.1 Å². The average Bonchev–Trinajstić information content (AvgIpc) is 3.07. The molecule has 1 atom stereocenters. The van der Waals surface area contributed by atoms with Gasteiger partial charge in [0.2, 0.25) is 0 Å². The van der Waals surface area contributed by atoms with Crippen molar-refractivity contribution in [3.8, 4) is 11.3 Å². The number of anilines is 1. The van der Waals surface area contributed by atoms with Crippen LogP contribution in [-0.4, -0.2) is 21.1 Å². The smallest absolute Gasteiger partial charge is 0.290 e. The number of nitrogens with zero attached hydrogens (tertiary/aromatic N) is 2. The van der Waals surface area contributed by atoms with E-state index in [2.05, 4.69) is 20.6 Å². The summed E-state index contributed by atoms with van der Waals surface area (Å²) in [4.78, 5) is 32.0. The Kier molecular flexibility index (Phi) is 5.58. The highest BCUT2D eigenvalue weighted by Gasteiger charge is 2.25. The lowest BCUT2D eigenvalue weighted by molar-refractivity contribution is -0.115. The van der Waals surface area contributed by atoms with Crippen LogP contribution >= 0.6 is 11.8 Å². The summed E-state index contributed by atoms with van der Waals surface area (Å²) in [5.74, 6) is -0.403. The third-order valence-corrected chi connectivity index (χ3v) is 5.32. The first-order valence-corrected chi connectivity index (χ1v) is 9.99. The van der Waals surface area contributed by atoms with Crippen LogP contribution < -0.4 is 10.6 Å². The summed E-state index contributed by atoms with van der Waals surface area (Å²) < 4.78 is 14.5. The zero-order valence-corrected chi connectivity index (χ0v) is 16.7. The van der Waals surface area contributed by atoms with E-state index in [0.717, 1.165) is 17.3 Å². The maximum atomic E-state index is 14.5. The molecular weight excluding hydrogens is 403 g/mol. The van der Waals surface area contributed by atoms with Crippen molar-refractivity contribution in [2.45, 2.75) is 13.0 Å². The minimum absolute atomic E-state index is 0.00731. The molecule has 6 nitrogen and oxygen atoms in total. The molecule has 150 valence electrons. The van der Waals surface area contributed by atoms with E-state index in [9.17, 15) is 14.0 Å². The quantitative estimate of drug-likeness (QED) is 0.578. The molecule has 0 radical (unpaired) electrons. The fourth-order valence-corrected chi connectivity index (χ4v) is 3.70. The molecule has 0 aliphatic carbocycles. The molecule has 0 spiro atoms. The van der Waals surface area contributed by atoms with Crippen molar-refractivity contribution < 1.29 is 14.0 Å². The van der Waals surface area contributed by atoms with Crippen molar-refractivity contribution >= 4 is 34.8 Å². The van der Waals surface area contributed by atoms with E-state index >= 15 is 0 Å². The van der Waals surface area contributed by atoms with Crippen molar-refractivity contribution in [3.63, 3.8) is 0 Å². The van der Waals surface area contributed by atoms with E-state index in [4.69, 9.17) is 0 Å². The van der Waals surface area contributed by atoms with E-state index < -0.39 is 17.0 Å². The Bertz CT molecular complexity index is 1150. The van der Waals surface area contributed by atoms with Crippen LogP contribution in [0.2, 0.25) is 0 Å². The van der Waals surface area contributed by atoms with E-state index in [0.29, 0.717) is 17.1 Å². The minimum atomic E-state index is -0.461. The van der Waals surface area contributed by atoms with Gasteiger partial charge in [0, 0.05) is 11.6 Å². The van der Waals surface area contributed by atoms with Crippen molar-refractivity contribution in [1.29, 1.82) is 0 Å². The predicted octanol–water partition coefficient (Wildman–Crippen LogP) is 4.78. The maximum absolute atomic E-state index is 14.5. The number of nitrogens with one attached hydrogen (secondary N) is 2. The molecule has 1 saturated heterocycles. The fraction of sp³-hybridized carbons (Fsp3) is 0.0909. The van der Waals surface area contributed by atoms with Gasteiger partial charge in [0.15, 0.2) is 0 Å². The second kappa shape index (κ2) is 8.46. The summed E-state index contributed by atoms with van der Waals surface area (Å²) in [6.07, 6.45) is 4.60. The van der Waals surface area contributed by atoms with Gasteiger partial charge in [-0.1, -0.05) is 36.4 Å². The summed E-state index contributed by atoms with van der Waals surface area (Å²) in [5, 5.41) is 5.04. The Balaban J connectivity index is 1.61. The van der Waals surface area contributed by atoms with Gasteiger partial charge in [0.05, 0.1) is 23.0 Å². The van der Waals surface area contributed by atoms with Crippen LogP contribution in [0.1, 0.15) is 24.1 Å². The second-order valence-corrected chi connectivity index (χ2v) is 7.67. The Labute approximate surface area is 176 Å². The van der Waals surface area contributed by atoms with Crippen molar-refractivity contribution in [2.24, 2.45) is 0 Å². The van der Waals surface area contributed by atoms with Gasteiger partial charge in [-0.05, 0) is 48.0 Å². The van der Waals surface area contributed by atoms with Gasteiger partial charge in [-0.25, -0.2) is 9.37 Å². The first-order valence-electron chi connectivity index (χ1n) is 9.18. The van der Waals surface area contributed by atoms with Crippen LogP contribution in [0.5, 0.6) is 0 Å². The topological polar surface area (TPSA) is 84.0 Å². The lowest BCUT2D eigenvalue weighted by atomic mass is 10.1. The molecule has 1 fully saturated rings. The molecule has 2 aromatic carbocycles. The molecule has 1 aliphatic rings. The first-order chi connectivity index (χ1) is 14.5. The summed E-state index contributed by atoms with van der Waals surface area (Å²) in [6.45, 7) is 2.00. The van der Waals surface area contributed by atoms with E-state index in [1.165, 1.54) is 18.3 Å². The number of halogens is 1. The maximum Gasteiger partial charge on any atom is 0.290 e. The summed E-state index contributed by atoms with van der Waals surface area (Å²) in [5.41, 5.74) is 2.28. The van der Waals surface area contributed by atoms with Gasteiger partial charge in [0.1, 0.15) is 11.6 Å². The molecule has 0 saturated carbocycles. The number of hydrogen-bond acceptors (Lipinski definition) is 6. The van der Waals surface area contributed by atoms with Crippen LogP contribution in [0.15, 0.2) is 65.8 Å². The molecule has 30 heavy (non-hydrogen) atoms. The normalized spacial score (nSPS) is 15.9. The highest BCUT2D eigenvalue weighted by atomic mass is 32.2. The van der Waals surface area contributed by atoms with Gasteiger partial charge in [-0.2, -0.15) is 0 Å². The number of imide groups is 1. The zero-order chi connectivity index (χ0) is 21.1. The van der Waals surface area contributed by atoms with E-state index in [1.807, 2.05) is 37.3 Å². The van der Waals surface area contributed by atoms with Gasteiger partial charge >= 0.3 is 0 Å². The molecule has 2 amide bonds. The number of benzene rings is 2. The highest BCUT2D eigenvalue weighted by Crippen LogP contribution is 2.29. The van der Waals surface area contributed by atoms with Crippen molar-refractivity contribution in [2.75, 3.05) is 5.32 Å². The number of hydrogen-bond donors (Lipinski definition) is 2. The third-order valence-electron chi connectivity index (χ3n) is 4.50. The monoisotopic (exact) mass is 420 g/mol. The van der Waals surface area contributed by atoms with Crippen LogP contribution in [0, 0.1) is 5.82 Å². The van der Waals surface area contributed by atoms with Gasteiger partial charge in [-0.3, -0.25) is 19.9 Å². The molecule has 0 bridgehead atoms. The van der Waals surface area contributed by atoms with Crippen LogP contribution in [-0.2, 0) is 4.79 Å². The summed E-state index contributed by atoms with van der Waals surface area (Å²) in [7, 11) is 0. The fourth-order valence-electron chi connectivity index (χ4n) is 3.01. The summed E-state index contributed by atoms with van der Waals surface area (Å²) >= 11 is 0.811. The van der Waals surface area contributed by atoms with E-state index in [-0.39, 0.29) is 16.5 Å². The number of aromatic nitrogens is 2. The molecule has 4 rings (SSSR count). The van der Waals surface area contributed by atoms with Crippen LogP contribution in [0.4, 0.5) is 15.0 Å². The Morgan fingerprint density at radius 2 is 1.93 bits per heavy atom. The molecule has 3 aromatic rings. The summed E-state index contributed by atoms with van der Waals surface area (Å²) in [6, 6.07) is 14.3. The molecule has 2 heterocycles. The van der Waals surface area contributed by atoms with Gasteiger partial charge in [-0.15, -0.1) is 0 Å². The average molecular weight is 420 g/mol. The van der Waals surface area contributed by atoms with Crippen LogP contribution in [0.3, 0.4) is 0 Å². The van der Waals surface area contributed by atoms with Crippen molar-refractivity contribution in [3.05, 3.63) is 82.8 Å². The first kappa shape index (κ1) is 19.8. The standard InChI is InChI=1S/C22H17FN4O2S/c1-13(15-5-3-2-4-6-15)25-20-12-24-11-18(26-20)16-9-14(7-8-17(16)23)10-19-21(28)27-22(29)30-19/h2-13H,1H3,(H,25,26)(H,27,28,29)/b19-10+/t13-/m0/s1. The largest absolute Gasteiger partial charge is 0.362 e. The highest BCUT2D eigenvalue weighted by molar-refractivity contribution is 8.18. The molecule has 8 heteroatoms. The second-order valence-electron chi connectivity index (χ2n) is 6.66. The molecular formula is C22H17FN4O2S. The van der Waals surface area contributed by atoms with Gasteiger partial charge < -0.3 is 5.32 Å².